The first kappa shape index (κ1) is 10.9. The fraction of sp³-hybridized carbons (Fsp3) is 0. The Labute approximate surface area is 102 Å². The van der Waals surface area contributed by atoms with Crippen molar-refractivity contribution in [2.75, 3.05) is 5.73 Å². The summed E-state index contributed by atoms with van der Waals surface area (Å²) < 4.78 is 1.71. The number of hydrogen-bond acceptors (Lipinski definition) is 4. The van der Waals surface area contributed by atoms with Gasteiger partial charge >= 0.3 is 0 Å². The summed E-state index contributed by atoms with van der Waals surface area (Å²) in [5, 5.41) is 4.65. The number of nitrogens with two attached hydrogens (primary N) is 1. The molecule has 2 aromatic heterocycles. The average molecular weight is 253 g/mol. The minimum atomic E-state index is 0. The largest absolute Gasteiger partial charge is 0.374 e. The van der Waals surface area contributed by atoms with Gasteiger partial charge in [0.25, 0.3) is 0 Å². The van der Waals surface area contributed by atoms with Gasteiger partial charge in [0.1, 0.15) is 0 Å². The number of halogens is 1. The summed E-state index contributed by atoms with van der Waals surface area (Å²) in [7, 11) is 0. The third kappa shape index (κ3) is 1.75. The van der Waals surface area contributed by atoms with E-state index in [1.165, 1.54) is 11.3 Å². The SMILES string of the molecule is Cl.Nc1nn2cc(-c3ccccc3)nc2s1. The number of rotatable bonds is 1. The predicted octanol–water partition coefficient (Wildman–Crippen LogP) is 2.46. The summed E-state index contributed by atoms with van der Waals surface area (Å²) in [6.45, 7) is 0. The summed E-state index contributed by atoms with van der Waals surface area (Å²) in [5.41, 5.74) is 7.59. The van der Waals surface area contributed by atoms with Crippen LogP contribution in [0.15, 0.2) is 36.5 Å². The molecule has 0 atom stereocenters. The molecule has 3 rings (SSSR count). The Morgan fingerprint density at radius 2 is 1.94 bits per heavy atom. The third-order valence-electron chi connectivity index (χ3n) is 2.13. The predicted molar refractivity (Wildman–Crippen MR) is 68.0 cm³/mol. The van der Waals surface area contributed by atoms with Crippen LogP contribution in [-0.4, -0.2) is 14.6 Å². The molecule has 0 amide bonds. The number of anilines is 1. The van der Waals surface area contributed by atoms with Gasteiger partial charge in [-0.25, -0.2) is 9.50 Å². The van der Waals surface area contributed by atoms with Gasteiger partial charge < -0.3 is 5.73 Å². The second-order valence-electron chi connectivity index (χ2n) is 3.16. The van der Waals surface area contributed by atoms with Crippen LogP contribution in [-0.2, 0) is 0 Å². The Bertz CT molecular complexity index is 570. The maximum absolute atomic E-state index is 5.57. The molecule has 0 aliphatic heterocycles. The van der Waals surface area contributed by atoms with Crippen molar-refractivity contribution in [3.63, 3.8) is 0 Å². The quantitative estimate of drug-likeness (QED) is 0.724. The second-order valence-corrected chi connectivity index (χ2v) is 4.15. The summed E-state index contributed by atoms with van der Waals surface area (Å²) in [6.07, 6.45) is 1.89. The molecule has 0 aliphatic rings. The van der Waals surface area contributed by atoms with Gasteiger partial charge in [-0.3, -0.25) is 0 Å². The van der Waals surface area contributed by atoms with Crippen LogP contribution < -0.4 is 5.73 Å². The molecule has 1 aromatic carbocycles. The number of nitrogens with zero attached hydrogens (tertiary/aromatic N) is 3. The zero-order valence-electron chi connectivity index (χ0n) is 8.20. The first-order chi connectivity index (χ1) is 7.33. The lowest BCUT2D eigenvalue weighted by molar-refractivity contribution is 0.981. The molecule has 0 bridgehead atoms. The fourth-order valence-corrected chi connectivity index (χ4v) is 2.11. The van der Waals surface area contributed by atoms with Gasteiger partial charge in [0.2, 0.25) is 10.1 Å². The van der Waals surface area contributed by atoms with E-state index in [1.807, 2.05) is 36.5 Å². The molecule has 82 valence electrons. The van der Waals surface area contributed by atoms with Crippen molar-refractivity contribution in [2.24, 2.45) is 0 Å². The molecular weight excluding hydrogens is 244 g/mol. The van der Waals surface area contributed by atoms with Crippen molar-refractivity contribution >= 4 is 33.8 Å². The smallest absolute Gasteiger partial charge is 0.214 e. The Hall–Kier alpha value is -1.59. The van der Waals surface area contributed by atoms with E-state index in [4.69, 9.17) is 5.73 Å². The molecule has 0 fully saturated rings. The Balaban J connectivity index is 0.000000963. The summed E-state index contributed by atoms with van der Waals surface area (Å²) >= 11 is 1.39. The highest BCUT2D eigenvalue weighted by atomic mass is 35.5. The topological polar surface area (TPSA) is 56.2 Å². The van der Waals surface area contributed by atoms with Gasteiger partial charge in [0, 0.05) is 5.56 Å². The lowest BCUT2D eigenvalue weighted by Gasteiger charge is -1.92. The zero-order valence-corrected chi connectivity index (χ0v) is 9.83. The number of benzene rings is 1. The maximum Gasteiger partial charge on any atom is 0.214 e. The van der Waals surface area contributed by atoms with Crippen molar-refractivity contribution in [3.8, 4) is 11.3 Å². The van der Waals surface area contributed by atoms with Crippen LogP contribution in [0.2, 0.25) is 0 Å². The van der Waals surface area contributed by atoms with Crippen molar-refractivity contribution < 1.29 is 0 Å². The molecule has 0 radical (unpaired) electrons. The van der Waals surface area contributed by atoms with Crippen LogP contribution in [0.1, 0.15) is 0 Å². The van der Waals surface area contributed by atoms with Gasteiger partial charge in [-0.05, 0) is 0 Å². The van der Waals surface area contributed by atoms with E-state index >= 15 is 0 Å². The molecule has 0 unspecified atom stereocenters. The number of nitrogen functional groups attached to an aromatic ring is 1. The van der Waals surface area contributed by atoms with Gasteiger partial charge in [-0.1, -0.05) is 41.7 Å². The summed E-state index contributed by atoms with van der Waals surface area (Å²) in [5.74, 6) is 0. The Morgan fingerprint density at radius 3 is 2.62 bits per heavy atom. The molecule has 4 nitrogen and oxygen atoms in total. The number of hydrogen-bond donors (Lipinski definition) is 1. The first-order valence-corrected chi connectivity index (χ1v) is 5.32. The highest BCUT2D eigenvalue weighted by molar-refractivity contribution is 7.20. The molecule has 6 heteroatoms. The van der Waals surface area contributed by atoms with Crippen molar-refractivity contribution in [3.05, 3.63) is 36.5 Å². The standard InChI is InChI=1S/C10H8N4S.ClH/c11-9-13-14-6-8(12-10(14)15-9)7-4-2-1-3-5-7;/h1-6H,(H2,11,13);1H. The molecule has 16 heavy (non-hydrogen) atoms. The number of aromatic nitrogens is 3. The molecule has 0 saturated carbocycles. The fourth-order valence-electron chi connectivity index (χ4n) is 1.46. The van der Waals surface area contributed by atoms with Crippen molar-refractivity contribution in [1.29, 1.82) is 0 Å². The van der Waals surface area contributed by atoms with Gasteiger partial charge in [-0.15, -0.1) is 17.5 Å². The van der Waals surface area contributed by atoms with E-state index in [0.29, 0.717) is 5.13 Å². The zero-order chi connectivity index (χ0) is 10.3. The highest BCUT2D eigenvalue weighted by Gasteiger charge is 2.06. The molecule has 3 aromatic rings. The summed E-state index contributed by atoms with van der Waals surface area (Å²) in [6, 6.07) is 10.0. The summed E-state index contributed by atoms with van der Waals surface area (Å²) in [4.78, 5) is 5.27. The molecule has 0 saturated heterocycles. The number of fused-ring (bicyclic) bond motifs is 1. The van der Waals surface area contributed by atoms with E-state index in [-0.39, 0.29) is 12.4 Å². The minimum Gasteiger partial charge on any atom is -0.374 e. The Morgan fingerprint density at radius 1 is 1.19 bits per heavy atom. The van der Waals surface area contributed by atoms with Crippen molar-refractivity contribution in [2.45, 2.75) is 0 Å². The maximum atomic E-state index is 5.57. The second kappa shape index (κ2) is 4.11. The van der Waals surface area contributed by atoms with E-state index in [2.05, 4.69) is 10.1 Å². The molecule has 2 N–H and O–H groups in total. The molecular formula is C10H9ClN4S. The average Bonchev–Trinajstić information content (AvgIpc) is 2.76. The minimum absolute atomic E-state index is 0. The van der Waals surface area contributed by atoms with E-state index in [1.54, 1.807) is 4.52 Å². The van der Waals surface area contributed by atoms with E-state index < -0.39 is 0 Å². The van der Waals surface area contributed by atoms with Gasteiger partial charge in [0.05, 0.1) is 11.9 Å². The van der Waals surface area contributed by atoms with Crippen LogP contribution in [0.5, 0.6) is 0 Å². The third-order valence-corrected chi connectivity index (χ3v) is 2.88. The molecule has 0 aliphatic carbocycles. The lowest BCUT2D eigenvalue weighted by atomic mass is 10.2. The van der Waals surface area contributed by atoms with Crippen LogP contribution in [0.4, 0.5) is 5.13 Å². The van der Waals surface area contributed by atoms with E-state index in [9.17, 15) is 0 Å². The van der Waals surface area contributed by atoms with Crippen LogP contribution in [0, 0.1) is 0 Å². The van der Waals surface area contributed by atoms with Crippen LogP contribution in [0.25, 0.3) is 16.2 Å². The normalized spacial score (nSPS) is 10.2. The monoisotopic (exact) mass is 252 g/mol. The van der Waals surface area contributed by atoms with Crippen LogP contribution >= 0.6 is 23.7 Å². The first-order valence-electron chi connectivity index (χ1n) is 4.50. The lowest BCUT2D eigenvalue weighted by Crippen LogP contribution is -1.85. The van der Waals surface area contributed by atoms with Gasteiger partial charge in [0.15, 0.2) is 0 Å². The molecule has 0 spiro atoms. The number of imidazole rings is 1. The highest BCUT2D eigenvalue weighted by Crippen LogP contribution is 2.22. The van der Waals surface area contributed by atoms with Crippen LogP contribution in [0.3, 0.4) is 0 Å². The molecule has 2 heterocycles. The van der Waals surface area contributed by atoms with Gasteiger partial charge in [-0.2, -0.15) is 0 Å². The van der Waals surface area contributed by atoms with Crippen molar-refractivity contribution in [1.82, 2.24) is 14.6 Å². The Kier molecular flexibility index (Phi) is 2.80. The van der Waals surface area contributed by atoms with E-state index in [0.717, 1.165) is 16.2 Å².